The highest BCUT2D eigenvalue weighted by molar-refractivity contribution is 9.10. The number of para-hydroxylation sites is 1. The highest BCUT2D eigenvalue weighted by atomic mass is 79.9. The van der Waals surface area contributed by atoms with Crippen molar-refractivity contribution in [2.45, 2.75) is 24.1 Å². The van der Waals surface area contributed by atoms with Crippen LogP contribution >= 0.6 is 27.7 Å². The summed E-state index contributed by atoms with van der Waals surface area (Å²) in [5, 5.41) is 12.9. The van der Waals surface area contributed by atoms with Gasteiger partial charge in [0.05, 0.1) is 0 Å². The van der Waals surface area contributed by atoms with Gasteiger partial charge in [0.1, 0.15) is 0 Å². The lowest BCUT2D eigenvalue weighted by Gasteiger charge is -2.20. The van der Waals surface area contributed by atoms with E-state index >= 15 is 0 Å². The molecule has 1 N–H and O–H groups in total. The maximum absolute atomic E-state index is 6.41. The molecule has 0 unspecified atom stereocenters. The van der Waals surface area contributed by atoms with Crippen LogP contribution in [0.5, 0.6) is 17.4 Å². The second kappa shape index (κ2) is 8.81. The number of halogens is 1. The van der Waals surface area contributed by atoms with Crippen molar-refractivity contribution in [1.29, 1.82) is 0 Å². The quantitative estimate of drug-likeness (QED) is 0.313. The van der Waals surface area contributed by atoms with E-state index in [0.29, 0.717) is 28.2 Å². The molecular weight excluding hydrogens is 516 g/mol. The second-order valence-corrected chi connectivity index (χ2v) is 9.73. The Hall–Kier alpha value is -3.30. The molecule has 2 aliphatic heterocycles. The van der Waals surface area contributed by atoms with Crippen LogP contribution in [-0.2, 0) is 5.75 Å². The fourth-order valence-corrected chi connectivity index (χ4v) is 5.08. The predicted molar refractivity (Wildman–Crippen MR) is 133 cm³/mol. The average molecular weight is 535 g/mol. The summed E-state index contributed by atoms with van der Waals surface area (Å²) in [7, 11) is 0. The summed E-state index contributed by atoms with van der Waals surface area (Å²) in [5.41, 5.74) is 5.65. The Balaban J connectivity index is 1.36. The zero-order valence-corrected chi connectivity index (χ0v) is 20.5. The van der Waals surface area contributed by atoms with E-state index in [0.717, 1.165) is 27.0 Å². The van der Waals surface area contributed by atoms with Crippen molar-refractivity contribution < 1.29 is 14.2 Å². The number of aromatic nitrogens is 3. The first kappa shape index (κ1) is 21.2. The lowest BCUT2D eigenvalue weighted by molar-refractivity contribution is 0.173. The van der Waals surface area contributed by atoms with E-state index in [1.54, 1.807) is 0 Å². The Kier molecular flexibility index (Phi) is 5.50. The first-order chi connectivity index (χ1) is 16.6. The Morgan fingerprint density at radius 1 is 1.03 bits per heavy atom. The molecular formula is C25H19BrN4O3S. The van der Waals surface area contributed by atoms with Crippen LogP contribution in [0.4, 0.5) is 5.69 Å². The standard InChI is InChI=1S/C25H19BrN4O3S/c1-14-6-8-15(9-7-14)12-34-25-28-24-22(29-30-25)16-4-2-3-5-19(16)27-23(33-24)17-10-20-21(11-18(17)26)32-13-31-20/h2-11,23,27H,12-13H2,1H3/t23-/m1/s1. The Bertz CT molecular complexity index is 1380. The van der Waals surface area contributed by atoms with Crippen molar-refractivity contribution in [3.8, 4) is 28.6 Å². The lowest BCUT2D eigenvalue weighted by Crippen LogP contribution is -2.17. The van der Waals surface area contributed by atoms with E-state index in [9.17, 15) is 0 Å². The molecule has 0 bridgehead atoms. The van der Waals surface area contributed by atoms with Crippen LogP contribution in [0.15, 0.2) is 70.3 Å². The zero-order valence-electron chi connectivity index (χ0n) is 18.1. The van der Waals surface area contributed by atoms with Gasteiger partial charge in [0.15, 0.2) is 23.4 Å². The van der Waals surface area contributed by atoms with Gasteiger partial charge in [0.2, 0.25) is 17.8 Å². The van der Waals surface area contributed by atoms with Crippen molar-refractivity contribution in [2.75, 3.05) is 12.1 Å². The normalized spacial score (nSPS) is 15.5. The number of anilines is 1. The number of aryl methyl sites for hydroxylation is 1. The summed E-state index contributed by atoms with van der Waals surface area (Å²) < 4.78 is 18.3. The first-order valence-corrected chi connectivity index (χ1v) is 12.5. The van der Waals surface area contributed by atoms with Gasteiger partial charge in [-0.1, -0.05) is 75.7 Å². The van der Waals surface area contributed by atoms with Gasteiger partial charge in [-0.05, 0) is 30.7 Å². The monoisotopic (exact) mass is 534 g/mol. The minimum Gasteiger partial charge on any atom is -0.454 e. The van der Waals surface area contributed by atoms with Gasteiger partial charge in [-0.25, -0.2) is 0 Å². The van der Waals surface area contributed by atoms with E-state index in [1.165, 1.54) is 22.9 Å². The number of nitrogens with one attached hydrogen (secondary N) is 1. The van der Waals surface area contributed by atoms with Gasteiger partial charge < -0.3 is 19.5 Å². The molecule has 0 saturated carbocycles. The number of hydrogen-bond donors (Lipinski definition) is 1. The van der Waals surface area contributed by atoms with Crippen LogP contribution in [0.3, 0.4) is 0 Å². The number of ether oxygens (including phenoxy) is 3. The molecule has 34 heavy (non-hydrogen) atoms. The molecule has 6 rings (SSSR count). The Labute approximate surface area is 209 Å². The largest absolute Gasteiger partial charge is 0.454 e. The van der Waals surface area contributed by atoms with E-state index < -0.39 is 6.23 Å². The summed E-state index contributed by atoms with van der Waals surface area (Å²) in [6.45, 7) is 2.28. The number of fused-ring (bicyclic) bond motifs is 4. The maximum Gasteiger partial charge on any atom is 0.247 e. The van der Waals surface area contributed by atoms with Crippen molar-refractivity contribution in [3.05, 3.63) is 81.8 Å². The highest BCUT2D eigenvalue weighted by Crippen LogP contribution is 2.44. The summed E-state index contributed by atoms with van der Waals surface area (Å²) in [4.78, 5) is 4.74. The molecule has 2 aliphatic rings. The van der Waals surface area contributed by atoms with E-state index in [2.05, 4.69) is 62.6 Å². The summed E-state index contributed by atoms with van der Waals surface area (Å²) in [5.74, 6) is 2.54. The van der Waals surface area contributed by atoms with Crippen molar-refractivity contribution >= 4 is 33.4 Å². The molecule has 0 fully saturated rings. The number of thioether (sulfide) groups is 1. The minimum absolute atomic E-state index is 0.203. The summed E-state index contributed by atoms with van der Waals surface area (Å²) in [6.07, 6.45) is -0.530. The molecule has 1 aromatic heterocycles. The molecule has 1 atom stereocenters. The van der Waals surface area contributed by atoms with Crippen molar-refractivity contribution in [1.82, 2.24) is 15.2 Å². The zero-order chi connectivity index (χ0) is 23.1. The molecule has 4 aromatic rings. The molecule has 170 valence electrons. The Morgan fingerprint density at radius 2 is 1.82 bits per heavy atom. The molecule has 9 heteroatoms. The number of benzene rings is 3. The van der Waals surface area contributed by atoms with Crippen LogP contribution < -0.4 is 19.5 Å². The smallest absolute Gasteiger partial charge is 0.247 e. The highest BCUT2D eigenvalue weighted by Gasteiger charge is 2.29. The summed E-state index contributed by atoms with van der Waals surface area (Å²) >= 11 is 5.18. The van der Waals surface area contributed by atoms with Crippen LogP contribution in [0.2, 0.25) is 0 Å². The van der Waals surface area contributed by atoms with Gasteiger partial charge in [0, 0.05) is 27.0 Å². The number of nitrogens with zero attached hydrogens (tertiary/aromatic N) is 3. The third kappa shape index (κ3) is 4.05. The second-order valence-electron chi connectivity index (χ2n) is 7.94. The van der Waals surface area contributed by atoms with Crippen LogP contribution in [0, 0.1) is 6.92 Å². The van der Waals surface area contributed by atoms with Gasteiger partial charge in [-0.15, -0.1) is 10.2 Å². The topological polar surface area (TPSA) is 78.4 Å². The third-order valence-corrected chi connectivity index (χ3v) is 7.19. The number of rotatable bonds is 4. The fourth-order valence-electron chi connectivity index (χ4n) is 3.82. The van der Waals surface area contributed by atoms with E-state index in [4.69, 9.17) is 19.2 Å². The SMILES string of the molecule is Cc1ccc(CSc2nnc3c(n2)O[C@H](c2cc4c(cc2Br)OCO4)Nc2ccccc2-3)cc1. The summed E-state index contributed by atoms with van der Waals surface area (Å²) in [6, 6.07) is 20.1. The van der Waals surface area contributed by atoms with Crippen LogP contribution in [0.1, 0.15) is 22.9 Å². The van der Waals surface area contributed by atoms with E-state index in [1.807, 2.05) is 36.4 Å². The van der Waals surface area contributed by atoms with Crippen LogP contribution in [0.25, 0.3) is 11.3 Å². The van der Waals surface area contributed by atoms with Crippen LogP contribution in [-0.4, -0.2) is 22.0 Å². The molecule has 0 aliphatic carbocycles. The van der Waals surface area contributed by atoms with Gasteiger partial charge in [-0.3, -0.25) is 0 Å². The molecule has 0 amide bonds. The number of hydrogen-bond acceptors (Lipinski definition) is 8. The Morgan fingerprint density at radius 3 is 2.68 bits per heavy atom. The minimum atomic E-state index is -0.530. The molecule has 0 radical (unpaired) electrons. The average Bonchev–Trinajstić information content (AvgIpc) is 3.23. The van der Waals surface area contributed by atoms with Crippen molar-refractivity contribution in [2.24, 2.45) is 0 Å². The molecule has 7 nitrogen and oxygen atoms in total. The fraction of sp³-hybridized carbons (Fsp3) is 0.160. The molecule has 0 saturated heterocycles. The molecule has 0 spiro atoms. The van der Waals surface area contributed by atoms with Crippen molar-refractivity contribution in [3.63, 3.8) is 0 Å². The molecule has 3 aromatic carbocycles. The predicted octanol–water partition coefficient (Wildman–Crippen LogP) is 6.13. The van der Waals surface area contributed by atoms with E-state index in [-0.39, 0.29) is 6.79 Å². The molecule has 3 heterocycles. The lowest BCUT2D eigenvalue weighted by atomic mass is 10.1. The third-order valence-electron chi connectivity index (χ3n) is 5.60. The van der Waals surface area contributed by atoms with Gasteiger partial charge >= 0.3 is 0 Å². The van der Waals surface area contributed by atoms with Gasteiger partial charge in [-0.2, -0.15) is 4.98 Å². The van der Waals surface area contributed by atoms with Gasteiger partial charge in [0.25, 0.3) is 0 Å². The first-order valence-electron chi connectivity index (χ1n) is 10.7. The maximum atomic E-state index is 6.41.